The van der Waals surface area contributed by atoms with Crippen molar-refractivity contribution in [3.8, 4) is 0 Å². The first-order valence-corrected chi connectivity index (χ1v) is 4.47. The minimum absolute atomic E-state index is 0.0788. The lowest BCUT2D eigenvalue weighted by atomic mass is 10.2. The number of hydrogen-bond acceptors (Lipinski definition) is 3. The first kappa shape index (κ1) is 9.61. The van der Waals surface area contributed by atoms with Crippen LogP contribution in [0.4, 0.5) is 0 Å². The first-order chi connectivity index (χ1) is 5.57. The van der Waals surface area contributed by atoms with Gasteiger partial charge in [-0.1, -0.05) is 0 Å². The molecule has 4 heteroatoms. The summed E-state index contributed by atoms with van der Waals surface area (Å²) < 4.78 is 5.97. The van der Waals surface area contributed by atoms with Crippen LogP contribution in [0.5, 0.6) is 0 Å². The average Bonchev–Trinajstić information content (AvgIpc) is 2.08. The van der Waals surface area contributed by atoms with E-state index >= 15 is 0 Å². The molecule has 0 amide bonds. The molecule has 0 saturated carbocycles. The lowest BCUT2D eigenvalue weighted by molar-refractivity contribution is -0.0774. The second-order valence-electron chi connectivity index (χ2n) is 2.72. The Labute approximate surface area is 80.4 Å². The van der Waals surface area contributed by atoms with Gasteiger partial charge >= 0.3 is 0 Å². The fourth-order valence-corrected chi connectivity index (χ4v) is 1.57. The number of methoxy groups -OCH3 is 1. The van der Waals surface area contributed by atoms with Gasteiger partial charge in [-0.2, -0.15) is 0 Å². The van der Waals surface area contributed by atoms with Crippen LogP contribution in [0, 0.1) is 0 Å². The summed E-state index contributed by atoms with van der Waals surface area (Å²) in [6.07, 6.45) is 1.78. The molecule has 1 N–H and O–H groups in total. The molecule has 0 fully saturated rings. The summed E-state index contributed by atoms with van der Waals surface area (Å²) in [4.78, 5) is 0. The van der Waals surface area contributed by atoms with E-state index in [9.17, 15) is 5.21 Å². The number of hydrogen-bond donors (Lipinski definition) is 1. The fraction of sp³-hybridized carbons (Fsp3) is 0.500. The zero-order valence-electron chi connectivity index (χ0n) is 7.34. The van der Waals surface area contributed by atoms with Gasteiger partial charge in [-0.25, -0.2) is 0 Å². The Bertz CT molecular complexity index is 247. The predicted molar refractivity (Wildman–Crippen MR) is 49.8 cm³/mol. The van der Waals surface area contributed by atoms with Crippen LogP contribution >= 0.6 is 15.9 Å². The Hall–Kier alpha value is -0.480. The molecule has 0 aromatic rings. The van der Waals surface area contributed by atoms with Gasteiger partial charge in [0.05, 0.1) is 17.6 Å². The fourth-order valence-electron chi connectivity index (χ4n) is 1.10. The maximum absolute atomic E-state index is 9.48. The lowest BCUT2D eigenvalue weighted by Crippen LogP contribution is -2.31. The van der Waals surface area contributed by atoms with Crippen molar-refractivity contribution in [1.82, 2.24) is 5.06 Å². The number of allylic oxidation sites excluding steroid dienone is 2. The van der Waals surface area contributed by atoms with Crippen LogP contribution in [-0.2, 0) is 4.74 Å². The van der Waals surface area contributed by atoms with E-state index < -0.39 is 0 Å². The number of halogens is 1. The van der Waals surface area contributed by atoms with Crippen LogP contribution in [0.3, 0.4) is 0 Å². The summed E-state index contributed by atoms with van der Waals surface area (Å²) in [5.74, 6) is 0.769. The molecule has 1 aliphatic heterocycles. The Morgan fingerprint density at radius 3 is 2.75 bits per heavy atom. The van der Waals surface area contributed by atoms with Gasteiger partial charge < -0.3 is 4.74 Å². The number of nitrogens with zero attached hydrogens (tertiary/aromatic N) is 1. The van der Waals surface area contributed by atoms with E-state index in [0.717, 1.165) is 15.9 Å². The van der Waals surface area contributed by atoms with Gasteiger partial charge in [0.1, 0.15) is 5.76 Å². The van der Waals surface area contributed by atoms with Crippen LogP contribution in [0.15, 0.2) is 22.0 Å². The highest BCUT2D eigenvalue weighted by atomic mass is 79.9. The van der Waals surface area contributed by atoms with Crippen LogP contribution in [0.25, 0.3) is 0 Å². The van der Waals surface area contributed by atoms with Crippen LogP contribution in [-0.4, -0.2) is 23.4 Å². The summed E-state index contributed by atoms with van der Waals surface area (Å²) in [5.41, 5.74) is 0.780. The van der Waals surface area contributed by atoms with E-state index in [1.54, 1.807) is 13.2 Å². The number of ether oxygens (including phenoxy) is 1. The van der Waals surface area contributed by atoms with Crippen molar-refractivity contribution in [1.29, 1.82) is 0 Å². The number of rotatable bonds is 1. The standard InChI is InChI=1S/C8H12BrNO2/c1-5-4-7(12-3)8(9)6(2)10(5)11/h4,6,11H,1-3H3. The monoisotopic (exact) mass is 233 g/mol. The van der Waals surface area contributed by atoms with E-state index in [0.29, 0.717) is 0 Å². The Kier molecular flexibility index (Phi) is 2.80. The largest absolute Gasteiger partial charge is 0.496 e. The molecule has 1 rings (SSSR count). The van der Waals surface area contributed by atoms with Crippen molar-refractivity contribution >= 4 is 15.9 Å². The molecule has 3 nitrogen and oxygen atoms in total. The summed E-state index contributed by atoms with van der Waals surface area (Å²) in [6, 6.07) is -0.0788. The van der Waals surface area contributed by atoms with Gasteiger partial charge in [-0.05, 0) is 29.8 Å². The van der Waals surface area contributed by atoms with Crippen molar-refractivity contribution in [3.63, 3.8) is 0 Å². The summed E-state index contributed by atoms with van der Waals surface area (Å²) in [7, 11) is 1.61. The van der Waals surface area contributed by atoms with Crippen molar-refractivity contribution in [2.45, 2.75) is 19.9 Å². The number of hydroxylamine groups is 2. The molecule has 0 saturated heterocycles. The third-order valence-corrected chi connectivity index (χ3v) is 2.94. The molecule has 1 atom stereocenters. The maximum atomic E-state index is 9.48. The molecule has 1 aliphatic rings. The minimum Gasteiger partial charge on any atom is -0.496 e. The van der Waals surface area contributed by atoms with E-state index in [2.05, 4.69) is 15.9 Å². The van der Waals surface area contributed by atoms with Crippen molar-refractivity contribution in [2.75, 3.05) is 7.11 Å². The van der Waals surface area contributed by atoms with E-state index in [-0.39, 0.29) is 6.04 Å². The highest BCUT2D eigenvalue weighted by molar-refractivity contribution is 9.11. The molecule has 0 bridgehead atoms. The van der Waals surface area contributed by atoms with Crippen LogP contribution in [0.1, 0.15) is 13.8 Å². The first-order valence-electron chi connectivity index (χ1n) is 3.68. The molecule has 0 aromatic carbocycles. The van der Waals surface area contributed by atoms with Gasteiger partial charge in [-0.3, -0.25) is 10.3 Å². The summed E-state index contributed by atoms with van der Waals surface area (Å²) in [6.45, 7) is 3.72. The molecular weight excluding hydrogens is 222 g/mol. The maximum Gasteiger partial charge on any atom is 0.132 e. The van der Waals surface area contributed by atoms with Gasteiger partial charge in [0.15, 0.2) is 0 Å². The molecule has 0 aromatic heterocycles. The molecule has 0 aliphatic carbocycles. The Morgan fingerprint density at radius 1 is 1.67 bits per heavy atom. The quantitative estimate of drug-likeness (QED) is 0.755. The molecule has 12 heavy (non-hydrogen) atoms. The zero-order chi connectivity index (χ0) is 9.30. The Balaban J connectivity index is 3.01. The molecule has 68 valence electrons. The van der Waals surface area contributed by atoms with E-state index in [1.807, 2.05) is 13.8 Å². The predicted octanol–water partition coefficient (Wildman–Crippen LogP) is 2.24. The SMILES string of the molecule is COC1=C(Br)C(C)N(O)C(C)=C1. The van der Waals surface area contributed by atoms with E-state index in [1.165, 1.54) is 5.06 Å². The van der Waals surface area contributed by atoms with Gasteiger partial charge in [-0.15, -0.1) is 0 Å². The molecule has 0 spiro atoms. The second kappa shape index (κ2) is 3.49. The van der Waals surface area contributed by atoms with Gasteiger partial charge in [0, 0.05) is 11.8 Å². The van der Waals surface area contributed by atoms with Gasteiger partial charge in [0.2, 0.25) is 0 Å². The van der Waals surface area contributed by atoms with E-state index in [4.69, 9.17) is 4.74 Å². The zero-order valence-corrected chi connectivity index (χ0v) is 8.92. The summed E-state index contributed by atoms with van der Waals surface area (Å²) >= 11 is 3.36. The van der Waals surface area contributed by atoms with Crippen molar-refractivity contribution in [2.24, 2.45) is 0 Å². The normalized spacial score (nSPS) is 24.2. The lowest BCUT2D eigenvalue weighted by Gasteiger charge is -2.29. The molecule has 1 heterocycles. The van der Waals surface area contributed by atoms with Crippen LogP contribution < -0.4 is 0 Å². The third kappa shape index (κ3) is 1.49. The average molecular weight is 234 g/mol. The van der Waals surface area contributed by atoms with Crippen LogP contribution in [0.2, 0.25) is 0 Å². The van der Waals surface area contributed by atoms with Crippen molar-refractivity contribution < 1.29 is 9.94 Å². The molecule has 0 radical (unpaired) electrons. The molecular formula is C8H12BrNO2. The second-order valence-corrected chi connectivity index (χ2v) is 3.58. The third-order valence-electron chi connectivity index (χ3n) is 1.89. The minimum atomic E-state index is -0.0788. The summed E-state index contributed by atoms with van der Waals surface area (Å²) in [5, 5.41) is 10.7. The topological polar surface area (TPSA) is 32.7 Å². The highest BCUT2D eigenvalue weighted by Gasteiger charge is 2.23. The Morgan fingerprint density at radius 2 is 2.25 bits per heavy atom. The molecule has 1 unspecified atom stereocenters. The van der Waals surface area contributed by atoms with Gasteiger partial charge in [0.25, 0.3) is 0 Å². The van der Waals surface area contributed by atoms with Crippen molar-refractivity contribution in [3.05, 3.63) is 22.0 Å². The highest BCUT2D eigenvalue weighted by Crippen LogP contribution is 2.28. The smallest absolute Gasteiger partial charge is 0.132 e.